The molecule has 2 atom stereocenters. The van der Waals surface area contributed by atoms with Gasteiger partial charge < -0.3 is 25.1 Å². The highest BCUT2D eigenvalue weighted by Crippen LogP contribution is 2.46. The van der Waals surface area contributed by atoms with Crippen molar-refractivity contribution in [2.75, 3.05) is 13.7 Å². The molecule has 0 bridgehead atoms. The third-order valence-corrected chi connectivity index (χ3v) is 7.02. The first-order chi connectivity index (χ1) is 18.5. The van der Waals surface area contributed by atoms with Crippen LogP contribution in [0.25, 0.3) is 11.3 Å². The number of methoxy groups -OCH3 is 1. The smallest absolute Gasteiger partial charge is 0.263 e. The number of carbonyl (C=O) groups excluding carboxylic acids is 2. The number of pyridine rings is 1. The average Bonchev–Trinajstić information content (AvgIpc) is 3.67. The summed E-state index contributed by atoms with van der Waals surface area (Å²) in [5.41, 5.74) is 1.71. The van der Waals surface area contributed by atoms with Gasteiger partial charge in [0.2, 0.25) is 0 Å². The first kappa shape index (κ1) is 26.6. The van der Waals surface area contributed by atoms with E-state index >= 15 is 4.39 Å². The number of fused-ring (bicyclic) bond motifs is 1. The molecule has 1 aromatic heterocycles. The Morgan fingerprint density at radius 3 is 2.54 bits per heavy atom. The summed E-state index contributed by atoms with van der Waals surface area (Å²) >= 11 is 0. The first-order valence-electron chi connectivity index (χ1n) is 12.6. The molecule has 1 aliphatic carbocycles. The van der Waals surface area contributed by atoms with Crippen molar-refractivity contribution in [1.82, 2.24) is 4.98 Å². The zero-order valence-electron chi connectivity index (χ0n) is 21.5. The quantitative estimate of drug-likeness (QED) is 0.368. The van der Waals surface area contributed by atoms with Crippen molar-refractivity contribution in [3.8, 4) is 28.5 Å². The molecule has 5 rings (SSSR count). The van der Waals surface area contributed by atoms with Gasteiger partial charge in [-0.05, 0) is 74.7 Å². The van der Waals surface area contributed by atoms with Crippen molar-refractivity contribution in [3.05, 3.63) is 71.2 Å². The Labute approximate surface area is 223 Å². The number of amides is 1. The molecule has 0 radical (unpaired) electrons. The minimum Gasteiger partial charge on any atom is -0.493 e. The number of halogens is 2. The van der Waals surface area contributed by atoms with Gasteiger partial charge in [-0.1, -0.05) is 0 Å². The van der Waals surface area contributed by atoms with Crippen LogP contribution < -0.4 is 19.9 Å². The molecule has 2 heterocycles. The second-order valence-electron chi connectivity index (χ2n) is 10.1. The lowest BCUT2D eigenvalue weighted by Gasteiger charge is -2.25. The van der Waals surface area contributed by atoms with E-state index in [0.29, 0.717) is 22.6 Å². The lowest BCUT2D eigenvalue weighted by Crippen LogP contribution is -2.38. The molecule has 39 heavy (non-hydrogen) atoms. The van der Waals surface area contributed by atoms with Gasteiger partial charge in [-0.3, -0.25) is 9.59 Å². The molecule has 2 aliphatic rings. The van der Waals surface area contributed by atoms with Crippen molar-refractivity contribution in [1.29, 1.82) is 0 Å². The number of hydrogen-bond donors (Lipinski definition) is 2. The van der Waals surface area contributed by atoms with E-state index in [2.05, 4.69) is 4.98 Å². The van der Waals surface area contributed by atoms with Crippen LogP contribution in [0.15, 0.2) is 48.5 Å². The van der Waals surface area contributed by atoms with E-state index in [9.17, 15) is 19.1 Å². The molecule has 10 heteroatoms. The zero-order chi connectivity index (χ0) is 27.9. The number of aliphatic hydroxyl groups is 1. The normalized spacial score (nSPS) is 19.5. The molecular weight excluding hydrogens is 510 g/mol. The number of carbonyl (C=O) groups is 2. The number of hydrogen-bond acceptors (Lipinski definition) is 7. The Hall–Kier alpha value is -4.05. The van der Waals surface area contributed by atoms with Crippen LogP contribution in [0.2, 0.25) is 0 Å². The summed E-state index contributed by atoms with van der Waals surface area (Å²) in [6, 6.07) is 11.4. The predicted octanol–water partition coefficient (Wildman–Crippen LogP) is 4.35. The zero-order valence-corrected chi connectivity index (χ0v) is 21.5. The Balaban J connectivity index is 1.43. The van der Waals surface area contributed by atoms with E-state index in [4.69, 9.17) is 19.9 Å². The van der Waals surface area contributed by atoms with Crippen LogP contribution in [0, 0.1) is 5.82 Å². The summed E-state index contributed by atoms with van der Waals surface area (Å²) in [7, 11) is 1.49. The molecular formula is C29H28F2N2O6. The molecule has 1 aliphatic heterocycles. The highest BCUT2D eigenvalue weighted by Gasteiger charge is 2.49. The van der Waals surface area contributed by atoms with Gasteiger partial charge in [0.15, 0.2) is 23.0 Å². The number of Topliss-reactive ketones (excluding diaryl/α,β-unsaturated/α-hetero) is 1. The Kier molecular flexibility index (Phi) is 6.76. The molecule has 3 aromatic rings. The molecule has 204 valence electrons. The molecule has 3 N–H and O–H groups in total. The van der Waals surface area contributed by atoms with Crippen LogP contribution in [0.4, 0.5) is 8.78 Å². The molecule has 0 spiro atoms. The summed E-state index contributed by atoms with van der Waals surface area (Å²) < 4.78 is 45.9. The number of aromatic nitrogens is 1. The molecule has 2 aromatic carbocycles. The highest BCUT2D eigenvalue weighted by molar-refractivity contribution is 5.96. The standard InChI is InChI=1S/C29H28F2N2O6/c1-28(36,12-11-21(34)17-5-10-22(23(13-17)37-2)39-19-8-9-19)24-14-20-26(38-15-29(20,31)27(32)35)25(33-24)16-3-6-18(30)7-4-16/h3-7,10,13-14,19,36H,8-9,11-12,15H2,1-2H3,(H2,32,35)/t28-,29+/m0/s1. The fourth-order valence-electron chi connectivity index (χ4n) is 4.44. The van der Waals surface area contributed by atoms with Crippen molar-refractivity contribution >= 4 is 11.7 Å². The van der Waals surface area contributed by atoms with Gasteiger partial charge in [0.1, 0.15) is 23.7 Å². The van der Waals surface area contributed by atoms with Crippen LogP contribution in [-0.2, 0) is 16.1 Å². The molecule has 1 saturated carbocycles. The topological polar surface area (TPSA) is 121 Å². The first-order valence-corrected chi connectivity index (χ1v) is 12.6. The van der Waals surface area contributed by atoms with Crippen molar-refractivity contribution in [2.24, 2.45) is 5.73 Å². The number of benzene rings is 2. The van der Waals surface area contributed by atoms with E-state index in [1.54, 1.807) is 18.2 Å². The largest absolute Gasteiger partial charge is 0.493 e. The van der Waals surface area contributed by atoms with E-state index in [1.807, 2.05) is 0 Å². The summed E-state index contributed by atoms with van der Waals surface area (Å²) in [6.45, 7) is 0.788. The van der Waals surface area contributed by atoms with Crippen molar-refractivity contribution < 1.29 is 37.7 Å². The number of ether oxygens (including phenoxy) is 3. The van der Waals surface area contributed by atoms with Crippen LogP contribution in [0.1, 0.15) is 54.2 Å². The van der Waals surface area contributed by atoms with Crippen LogP contribution in [0.3, 0.4) is 0 Å². The van der Waals surface area contributed by atoms with Gasteiger partial charge >= 0.3 is 0 Å². The Morgan fingerprint density at radius 1 is 1.18 bits per heavy atom. The van der Waals surface area contributed by atoms with Crippen molar-refractivity contribution in [2.45, 2.75) is 50.0 Å². The minimum atomic E-state index is -2.64. The Morgan fingerprint density at radius 2 is 1.90 bits per heavy atom. The summed E-state index contributed by atoms with van der Waals surface area (Å²) in [6.07, 6.45) is 1.98. The second-order valence-corrected chi connectivity index (χ2v) is 10.1. The molecule has 0 saturated heterocycles. The van der Waals surface area contributed by atoms with Gasteiger partial charge in [-0.2, -0.15) is 0 Å². The lowest BCUT2D eigenvalue weighted by atomic mass is 9.88. The van der Waals surface area contributed by atoms with Gasteiger partial charge in [0, 0.05) is 23.1 Å². The van der Waals surface area contributed by atoms with Crippen LogP contribution in [-0.4, -0.2) is 41.6 Å². The molecule has 1 amide bonds. The Bertz CT molecular complexity index is 1440. The third-order valence-electron chi connectivity index (χ3n) is 7.02. The van der Waals surface area contributed by atoms with E-state index in [1.165, 1.54) is 44.4 Å². The average molecular weight is 539 g/mol. The number of primary amides is 1. The van der Waals surface area contributed by atoms with E-state index in [0.717, 1.165) is 12.8 Å². The van der Waals surface area contributed by atoms with Crippen molar-refractivity contribution in [3.63, 3.8) is 0 Å². The molecule has 0 unspecified atom stereocenters. The SMILES string of the molecule is COc1cc(C(=O)CC[C@](C)(O)c2cc3c(c(-c4ccc(F)cc4)n2)OC[C@]3(F)C(N)=O)ccc1OC1CC1. The monoisotopic (exact) mass is 538 g/mol. The number of rotatable bonds is 10. The number of ketones is 1. The minimum absolute atomic E-state index is 0.00733. The summed E-state index contributed by atoms with van der Waals surface area (Å²) in [5, 5.41) is 11.4. The summed E-state index contributed by atoms with van der Waals surface area (Å²) in [4.78, 5) is 29.6. The molecule has 8 nitrogen and oxygen atoms in total. The van der Waals surface area contributed by atoms with Crippen LogP contribution in [0.5, 0.6) is 17.2 Å². The fourth-order valence-corrected chi connectivity index (χ4v) is 4.44. The highest BCUT2D eigenvalue weighted by atomic mass is 19.1. The lowest BCUT2D eigenvalue weighted by molar-refractivity contribution is -0.130. The van der Waals surface area contributed by atoms with Crippen LogP contribution >= 0.6 is 0 Å². The fraction of sp³-hybridized carbons (Fsp3) is 0.345. The maximum Gasteiger partial charge on any atom is 0.263 e. The summed E-state index contributed by atoms with van der Waals surface area (Å²) in [5.74, 6) is -1.01. The van der Waals surface area contributed by atoms with Gasteiger partial charge in [-0.15, -0.1) is 0 Å². The maximum absolute atomic E-state index is 15.6. The van der Waals surface area contributed by atoms with E-state index in [-0.39, 0.29) is 47.4 Å². The maximum atomic E-state index is 15.6. The molecule has 1 fully saturated rings. The number of alkyl halides is 1. The number of nitrogens with zero attached hydrogens (tertiary/aromatic N) is 1. The van der Waals surface area contributed by atoms with Gasteiger partial charge in [-0.25, -0.2) is 13.8 Å². The van der Waals surface area contributed by atoms with Gasteiger partial charge in [0.25, 0.3) is 11.6 Å². The number of nitrogens with two attached hydrogens (primary N) is 1. The second kappa shape index (κ2) is 9.92. The predicted molar refractivity (Wildman–Crippen MR) is 137 cm³/mol. The van der Waals surface area contributed by atoms with Gasteiger partial charge in [0.05, 0.1) is 18.9 Å². The third kappa shape index (κ3) is 5.16. The van der Waals surface area contributed by atoms with E-state index < -0.39 is 29.6 Å².